The number of imide groups is 1. The van der Waals surface area contributed by atoms with E-state index >= 15 is 0 Å². The van der Waals surface area contributed by atoms with Crippen molar-refractivity contribution in [2.24, 2.45) is 0 Å². The van der Waals surface area contributed by atoms with Gasteiger partial charge in [0, 0.05) is 18.9 Å². The highest BCUT2D eigenvalue weighted by Gasteiger charge is 2.32. The predicted octanol–water partition coefficient (Wildman–Crippen LogP) is 1.70. The summed E-state index contributed by atoms with van der Waals surface area (Å²) >= 11 is 0. The number of hydrogen-bond donors (Lipinski definition) is 1. The number of pyridine rings is 1. The zero-order valence-corrected chi connectivity index (χ0v) is 11.5. The molecule has 0 unspecified atom stereocenters. The summed E-state index contributed by atoms with van der Waals surface area (Å²) in [6.07, 6.45) is 1.11. The molecule has 0 saturated carbocycles. The first-order chi connectivity index (χ1) is 10.5. The highest BCUT2D eigenvalue weighted by Crippen LogP contribution is 2.24. The lowest BCUT2D eigenvalue weighted by Gasteiger charge is -2.06. The number of hydrogen-bond acceptors (Lipinski definition) is 4. The Labute approximate surface area is 124 Å². The van der Waals surface area contributed by atoms with Crippen LogP contribution in [0.25, 0.3) is 0 Å². The van der Waals surface area contributed by atoms with Gasteiger partial charge in [0.1, 0.15) is 0 Å². The van der Waals surface area contributed by atoms with E-state index in [1.54, 1.807) is 0 Å². The number of nitrogens with one attached hydrogen (secondary N) is 1. The molecule has 1 N–H and O–H groups in total. The van der Waals surface area contributed by atoms with Gasteiger partial charge in [0.05, 0.1) is 16.7 Å². The Morgan fingerprint density at radius 1 is 1.14 bits per heavy atom. The van der Waals surface area contributed by atoms with Crippen LogP contribution in [0.5, 0.6) is 0 Å². The molecule has 0 fully saturated rings. The molecule has 2 aromatic rings. The molecule has 2 heterocycles. The van der Waals surface area contributed by atoms with E-state index in [1.165, 1.54) is 31.3 Å². The van der Waals surface area contributed by atoms with Crippen LogP contribution in [-0.4, -0.2) is 34.7 Å². The Kier molecular flexibility index (Phi) is 3.17. The first-order valence-corrected chi connectivity index (χ1v) is 6.36. The van der Waals surface area contributed by atoms with Crippen LogP contribution in [0.15, 0.2) is 36.5 Å². The summed E-state index contributed by atoms with van der Waals surface area (Å²) in [6, 6.07) is 6.83. The molecular weight excluding hydrogens is 289 g/mol. The number of carbonyl (C=O) groups excluding carboxylic acids is 3. The third-order valence-electron chi connectivity index (χ3n) is 3.34. The lowest BCUT2D eigenvalue weighted by Crippen LogP contribution is -2.24. The number of rotatable bonds is 2. The normalized spacial score (nSPS) is 13.3. The van der Waals surface area contributed by atoms with Crippen molar-refractivity contribution < 1.29 is 18.8 Å². The van der Waals surface area contributed by atoms with Crippen molar-refractivity contribution in [1.29, 1.82) is 0 Å². The molecule has 0 atom stereocenters. The average molecular weight is 299 g/mol. The van der Waals surface area contributed by atoms with E-state index in [2.05, 4.69) is 10.3 Å². The van der Waals surface area contributed by atoms with Crippen molar-refractivity contribution >= 4 is 23.4 Å². The van der Waals surface area contributed by atoms with E-state index in [0.717, 1.165) is 17.2 Å². The molecule has 1 aliphatic rings. The third-order valence-corrected chi connectivity index (χ3v) is 3.34. The molecule has 1 aromatic carbocycles. The van der Waals surface area contributed by atoms with Gasteiger partial charge < -0.3 is 5.32 Å². The molecule has 6 nitrogen and oxygen atoms in total. The number of nitrogens with zero attached hydrogens (tertiary/aromatic N) is 2. The molecule has 22 heavy (non-hydrogen) atoms. The zero-order chi connectivity index (χ0) is 15.9. The Balaban J connectivity index is 1.86. The lowest BCUT2D eigenvalue weighted by atomic mass is 10.1. The van der Waals surface area contributed by atoms with Gasteiger partial charge in [-0.3, -0.25) is 19.3 Å². The van der Waals surface area contributed by atoms with Crippen LogP contribution in [0.4, 0.5) is 10.1 Å². The number of carbonyl (C=O) groups is 3. The molecule has 0 saturated heterocycles. The molecule has 1 aromatic heterocycles. The fraction of sp³-hybridized carbons (Fsp3) is 0.0667. The molecule has 110 valence electrons. The Hall–Kier alpha value is -3.09. The molecule has 0 radical (unpaired) electrons. The maximum absolute atomic E-state index is 12.7. The largest absolute Gasteiger partial charge is 0.322 e. The Morgan fingerprint density at radius 2 is 1.86 bits per heavy atom. The minimum Gasteiger partial charge on any atom is -0.322 e. The maximum Gasteiger partial charge on any atom is 0.261 e. The standard InChI is InChI=1S/C15H10FN3O3/c1-19-14(21)10-4-3-9(6-11(10)15(19)22)18-13(20)8-2-5-12(16)17-7-8/h2-7H,1H3,(H,18,20). The van der Waals surface area contributed by atoms with Gasteiger partial charge in [-0.2, -0.15) is 4.39 Å². The SMILES string of the molecule is CN1C(=O)c2ccc(NC(=O)c3ccc(F)nc3)cc2C1=O. The van der Waals surface area contributed by atoms with Crippen LogP contribution in [0.1, 0.15) is 31.1 Å². The molecule has 7 heteroatoms. The second-order valence-electron chi connectivity index (χ2n) is 4.75. The summed E-state index contributed by atoms with van der Waals surface area (Å²) in [6.45, 7) is 0. The third kappa shape index (κ3) is 2.22. The van der Waals surface area contributed by atoms with Crippen LogP contribution in [0.2, 0.25) is 0 Å². The monoisotopic (exact) mass is 299 g/mol. The van der Waals surface area contributed by atoms with Crippen LogP contribution < -0.4 is 5.32 Å². The fourth-order valence-electron chi connectivity index (χ4n) is 2.15. The zero-order valence-electron chi connectivity index (χ0n) is 11.5. The fourth-order valence-corrected chi connectivity index (χ4v) is 2.15. The minimum atomic E-state index is -0.679. The number of aromatic nitrogens is 1. The number of benzene rings is 1. The quantitative estimate of drug-likeness (QED) is 0.676. The van der Waals surface area contributed by atoms with Gasteiger partial charge in [-0.25, -0.2) is 4.98 Å². The van der Waals surface area contributed by atoms with Crippen LogP contribution >= 0.6 is 0 Å². The Morgan fingerprint density at radius 3 is 2.55 bits per heavy atom. The molecule has 0 aliphatic carbocycles. The van der Waals surface area contributed by atoms with Crippen molar-refractivity contribution in [3.63, 3.8) is 0 Å². The van der Waals surface area contributed by atoms with E-state index in [-0.39, 0.29) is 17.0 Å². The first kappa shape index (κ1) is 13.9. The average Bonchev–Trinajstić information content (AvgIpc) is 2.72. The molecular formula is C15H10FN3O3. The molecule has 1 aliphatic heterocycles. The summed E-state index contributed by atoms with van der Waals surface area (Å²) in [5.74, 6) is -1.96. The van der Waals surface area contributed by atoms with Crippen molar-refractivity contribution in [3.05, 3.63) is 59.2 Å². The van der Waals surface area contributed by atoms with Gasteiger partial charge in [-0.05, 0) is 30.3 Å². The summed E-state index contributed by atoms with van der Waals surface area (Å²) in [5.41, 5.74) is 1.09. The van der Waals surface area contributed by atoms with E-state index < -0.39 is 17.8 Å². The number of halogens is 1. The number of amides is 3. The summed E-state index contributed by atoms with van der Waals surface area (Å²) in [4.78, 5) is 40.1. The minimum absolute atomic E-state index is 0.182. The van der Waals surface area contributed by atoms with Crippen LogP contribution in [0.3, 0.4) is 0 Å². The molecule has 3 amide bonds. The van der Waals surface area contributed by atoms with Gasteiger partial charge >= 0.3 is 0 Å². The smallest absolute Gasteiger partial charge is 0.261 e. The van der Waals surface area contributed by atoms with Crippen molar-refractivity contribution in [1.82, 2.24) is 9.88 Å². The first-order valence-electron chi connectivity index (χ1n) is 6.36. The van der Waals surface area contributed by atoms with Gasteiger partial charge in [0.2, 0.25) is 5.95 Å². The lowest BCUT2D eigenvalue weighted by molar-refractivity contribution is 0.0692. The van der Waals surface area contributed by atoms with Gasteiger partial charge in [0.15, 0.2) is 0 Å². The van der Waals surface area contributed by atoms with E-state index in [9.17, 15) is 18.8 Å². The van der Waals surface area contributed by atoms with Crippen LogP contribution in [-0.2, 0) is 0 Å². The van der Waals surface area contributed by atoms with Crippen LogP contribution in [0, 0.1) is 5.95 Å². The van der Waals surface area contributed by atoms with Gasteiger partial charge in [-0.15, -0.1) is 0 Å². The van der Waals surface area contributed by atoms with E-state index in [4.69, 9.17) is 0 Å². The maximum atomic E-state index is 12.7. The summed E-state index contributed by atoms with van der Waals surface area (Å²) in [7, 11) is 1.40. The second kappa shape index (κ2) is 5.03. The van der Waals surface area contributed by atoms with Crippen molar-refractivity contribution in [2.45, 2.75) is 0 Å². The van der Waals surface area contributed by atoms with Gasteiger partial charge in [0.25, 0.3) is 17.7 Å². The topological polar surface area (TPSA) is 79.4 Å². The highest BCUT2D eigenvalue weighted by molar-refractivity contribution is 6.21. The van der Waals surface area contributed by atoms with Crippen molar-refractivity contribution in [2.75, 3.05) is 12.4 Å². The number of fused-ring (bicyclic) bond motifs is 1. The molecule has 0 spiro atoms. The predicted molar refractivity (Wildman–Crippen MR) is 75.0 cm³/mol. The molecule has 3 rings (SSSR count). The second-order valence-corrected chi connectivity index (χ2v) is 4.75. The Bertz CT molecular complexity index is 802. The van der Waals surface area contributed by atoms with Gasteiger partial charge in [-0.1, -0.05) is 0 Å². The van der Waals surface area contributed by atoms with Crippen molar-refractivity contribution in [3.8, 4) is 0 Å². The summed E-state index contributed by atoms with van der Waals surface area (Å²) < 4.78 is 12.7. The molecule has 0 bridgehead atoms. The highest BCUT2D eigenvalue weighted by atomic mass is 19.1. The van der Waals surface area contributed by atoms with E-state index in [1.807, 2.05) is 0 Å². The number of anilines is 1. The summed E-state index contributed by atoms with van der Waals surface area (Å²) in [5, 5.41) is 2.57. The van der Waals surface area contributed by atoms with E-state index in [0.29, 0.717) is 11.3 Å².